The number of piperazine rings is 1. The van der Waals surface area contributed by atoms with Crippen LogP contribution in [0.4, 0.5) is 5.13 Å². The van der Waals surface area contributed by atoms with E-state index in [4.69, 9.17) is 10.6 Å². The molecule has 0 saturated carbocycles. The molecule has 5 rings (SSSR count). The highest BCUT2D eigenvalue weighted by Crippen LogP contribution is 2.44. The minimum Gasteiger partial charge on any atom is -0.476 e. The lowest BCUT2D eigenvalue weighted by Gasteiger charge is -2.51. The van der Waals surface area contributed by atoms with E-state index in [1.165, 1.54) is 5.38 Å². The number of hydrogen-bond donors (Lipinski definition) is 3. The van der Waals surface area contributed by atoms with E-state index in [2.05, 4.69) is 56.8 Å². The molecule has 0 amide bonds. The Kier molecular flexibility index (Phi) is 8.49. The third-order valence-corrected chi connectivity index (χ3v) is 8.15. The van der Waals surface area contributed by atoms with Gasteiger partial charge in [0.15, 0.2) is 16.5 Å². The summed E-state index contributed by atoms with van der Waals surface area (Å²) in [7, 11) is 0. The number of carbonyl (C=O) groups is 2. The second-order valence-corrected chi connectivity index (χ2v) is 11.4. The fourth-order valence-corrected chi connectivity index (χ4v) is 6.12. The zero-order valence-corrected chi connectivity index (χ0v) is 24.3. The summed E-state index contributed by atoms with van der Waals surface area (Å²) in [4.78, 5) is 38.4. The van der Waals surface area contributed by atoms with Crippen molar-refractivity contribution in [2.24, 2.45) is 5.16 Å². The van der Waals surface area contributed by atoms with Gasteiger partial charge in [0.05, 0.1) is 11.6 Å². The fraction of sp³-hybridized carbons (Fsp3) is 0.250. The van der Waals surface area contributed by atoms with Crippen LogP contribution in [-0.2, 0) is 20.0 Å². The van der Waals surface area contributed by atoms with Crippen LogP contribution in [-0.4, -0.2) is 63.7 Å². The average Bonchev–Trinajstić information content (AvgIpc) is 3.44. The van der Waals surface area contributed by atoms with Crippen LogP contribution in [0.25, 0.3) is 0 Å². The van der Waals surface area contributed by atoms with Crippen LogP contribution in [0.5, 0.6) is 0 Å². The molecule has 2 heterocycles. The predicted octanol–water partition coefficient (Wildman–Crippen LogP) is 4.14. The molecule has 4 N–H and O–H groups in total. The first-order chi connectivity index (χ1) is 20.2. The molecule has 1 fully saturated rings. The molecule has 1 atom stereocenters. The van der Waals surface area contributed by atoms with Crippen molar-refractivity contribution in [1.29, 1.82) is 0 Å². The van der Waals surface area contributed by atoms with Gasteiger partial charge < -0.3 is 21.0 Å². The summed E-state index contributed by atoms with van der Waals surface area (Å²) >= 11 is 1.09. The van der Waals surface area contributed by atoms with Gasteiger partial charge in [0.25, 0.3) is 0 Å². The minimum absolute atomic E-state index is 0.0745. The lowest BCUT2D eigenvalue weighted by Crippen LogP contribution is -2.65. The van der Waals surface area contributed by atoms with Gasteiger partial charge in [-0.05, 0) is 30.5 Å². The molecule has 0 radical (unpaired) electrons. The number of thiazole rings is 1. The summed E-state index contributed by atoms with van der Waals surface area (Å²) in [5.74, 6) is -1.58. The maximum Gasteiger partial charge on any atom is 0.360 e. The SMILES string of the molecule is CC(C)(ON=C(C(=O)O)c1csc(N)n1)C(=O)C1CNCCN1C(c1ccccc1)(c1ccccc1)c1ccccc1. The molecular formula is C32H33N5O4S. The van der Waals surface area contributed by atoms with E-state index < -0.39 is 28.9 Å². The lowest BCUT2D eigenvalue weighted by molar-refractivity contribution is -0.149. The number of hydrogen-bond acceptors (Lipinski definition) is 9. The quantitative estimate of drug-likeness (QED) is 0.144. The summed E-state index contributed by atoms with van der Waals surface area (Å²) in [6.45, 7) is 4.82. The topological polar surface area (TPSA) is 130 Å². The van der Waals surface area contributed by atoms with E-state index in [1.54, 1.807) is 13.8 Å². The van der Waals surface area contributed by atoms with E-state index in [0.717, 1.165) is 28.0 Å². The van der Waals surface area contributed by atoms with Crippen molar-refractivity contribution in [1.82, 2.24) is 15.2 Å². The monoisotopic (exact) mass is 583 g/mol. The molecule has 1 aliphatic rings. The summed E-state index contributed by atoms with van der Waals surface area (Å²) in [5, 5.41) is 18.7. The molecule has 0 spiro atoms. The number of rotatable bonds is 10. The number of anilines is 1. The Labute approximate surface area is 248 Å². The molecule has 1 aromatic heterocycles. The minimum atomic E-state index is -1.47. The molecular weight excluding hydrogens is 550 g/mol. The number of ketones is 1. The van der Waals surface area contributed by atoms with Crippen LogP contribution >= 0.6 is 11.3 Å². The molecule has 10 heteroatoms. The Morgan fingerprint density at radius 1 is 0.976 bits per heavy atom. The van der Waals surface area contributed by atoms with Gasteiger partial charge in [-0.25, -0.2) is 9.78 Å². The number of nitrogens with one attached hydrogen (secondary N) is 1. The number of benzene rings is 3. The molecule has 1 aliphatic heterocycles. The van der Waals surface area contributed by atoms with Crippen molar-refractivity contribution in [3.8, 4) is 0 Å². The van der Waals surface area contributed by atoms with Gasteiger partial charge in [0.2, 0.25) is 5.71 Å². The standard InChI is InChI=1S/C32H33N5O4S/c1-31(2,41-36-27(29(39)40)25-21-42-30(33)35-25)28(38)26-20-34-18-19-37(26)32(22-12-6-3-7-13-22,23-14-8-4-9-15-23)24-16-10-5-11-17-24/h3-17,21,26,34H,18-20H2,1-2H3,(H2,33,35)(H,39,40). The maximum absolute atomic E-state index is 14.4. The number of carboxylic acids is 1. The normalized spacial score (nSPS) is 16.6. The Bertz CT molecular complexity index is 1460. The number of Topliss-reactive ketones (excluding diaryl/α,β-unsaturated/α-hetero) is 1. The molecule has 3 aromatic carbocycles. The number of aliphatic carboxylic acids is 1. The molecule has 216 valence electrons. The number of nitrogens with zero attached hydrogens (tertiary/aromatic N) is 3. The third kappa shape index (κ3) is 5.56. The summed E-state index contributed by atoms with van der Waals surface area (Å²) < 4.78 is 0. The highest BCUT2D eigenvalue weighted by Gasteiger charge is 2.50. The Balaban J connectivity index is 1.61. The second-order valence-electron chi connectivity index (χ2n) is 10.5. The number of aromatic nitrogens is 1. The van der Waals surface area contributed by atoms with Gasteiger partial charge >= 0.3 is 5.97 Å². The first-order valence-corrected chi connectivity index (χ1v) is 14.5. The molecule has 1 unspecified atom stereocenters. The molecule has 0 bridgehead atoms. The number of nitrogens with two attached hydrogens (primary N) is 1. The molecule has 42 heavy (non-hydrogen) atoms. The van der Waals surface area contributed by atoms with E-state index in [0.29, 0.717) is 19.6 Å². The van der Waals surface area contributed by atoms with E-state index in [-0.39, 0.29) is 16.6 Å². The zero-order chi connectivity index (χ0) is 29.7. The van der Waals surface area contributed by atoms with E-state index in [1.807, 2.05) is 54.6 Å². The van der Waals surface area contributed by atoms with Gasteiger partial charge in [0.1, 0.15) is 5.69 Å². The molecule has 9 nitrogen and oxygen atoms in total. The van der Waals surface area contributed by atoms with Crippen molar-refractivity contribution in [3.05, 3.63) is 119 Å². The van der Waals surface area contributed by atoms with Crippen LogP contribution in [0.2, 0.25) is 0 Å². The number of carbonyl (C=O) groups excluding carboxylic acids is 1. The van der Waals surface area contributed by atoms with Crippen LogP contribution in [0.1, 0.15) is 36.2 Å². The molecule has 0 aliphatic carbocycles. The number of oxime groups is 1. The van der Waals surface area contributed by atoms with Gasteiger partial charge in [0, 0.05) is 25.0 Å². The molecule has 4 aromatic rings. The van der Waals surface area contributed by atoms with Gasteiger partial charge in [-0.2, -0.15) is 0 Å². The van der Waals surface area contributed by atoms with Crippen molar-refractivity contribution >= 4 is 33.9 Å². The first-order valence-electron chi connectivity index (χ1n) is 13.6. The van der Waals surface area contributed by atoms with E-state index >= 15 is 0 Å². The lowest BCUT2D eigenvalue weighted by atomic mass is 9.73. The fourth-order valence-electron chi connectivity index (χ4n) is 5.57. The highest BCUT2D eigenvalue weighted by molar-refractivity contribution is 7.13. The van der Waals surface area contributed by atoms with Gasteiger partial charge in [-0.3, -0.25) is 9.69 Å². The maximum atomic E-state index is 14.4. The zero-order valence-electron chi connectivity index (χ0n) is 23.4. The van der Waals surface area contributed by atoms with Crippen molar-refractivity contribution in [2.45, 2.75) is 31.0 Å². The largest absolute Gasteiger partial charge is 0.476 e. The van der Waals surface area contributed by atoms with Crippen molar-refractivity contribution in [2.75, 3.05) is 25.4 Å². The molecule has 1 saturated heterocycles. The van der Waals surface area contributed by atoms with Crippen LogP contribution in [0.3, 0.4) is 0 Å². The third-order valence-electron chi connectivity index (χ3n) is 7.48. The van der Waals surface area contributed by atoms with Gasteiger partial charge in [-0.1, -0.05) is 96.2 Å². The summed E-state index contributed by atoms with van der Waals surface area (Å²) in [6.07, 6.45) is 0. The van der Waals surface area contributed by atoms with Crippen molar-refractivity contribution < 1.29 is 19.5 Å². The highest BCUT2D eigenvalue weighted by atomic mass is 32.1. The Morgan fingerprint density at radius 2 is 1.50 bits per heavy atom. The van der Waals surface area contributed by atoms with Crippen LogP contribution < -0.4 is 11.1 Å². The summed E-state index contributed by atoms with van der Waals surface area (Å²) in [5.41, 5.74) is 6.13. The number of nitrogen functional groups attached to an aromatic ring is 1. The number of carboxylic acid groups (broad SMARTS) is 1. The van der Waals surface area contributed by atoms with Crippen LogP contribution in [0, 0.1) is 0 Å². The first kappa shape index (κ1) is 29.1. The van der Waals surface area contributed by atoms with E-state index in [9.17, 15) is 14.7 Å². The van der Waals surface area contributed by atoms with Crippen LogP contribution in [0.15, 0.2) is 102 Å². The predicted molar refractivity (Wildman–Crippen MR) is 163 cm³/mol. The summed E-state index contributed by atoms with van der Waals surface area (Å²) in [6, 6.07) is 29.9. The van der Waals surface area contributed by atoms with Gasteiger partial charge in [-0.15, -0.1) is 11.3 Å². The average molecular weight is 584 g/mol. The smallest absolute Gasteiger partial charge is 0.360 e. The Morgan fingerprint density at radius 3 is 1.95 bits per heavy atom. The second kappa shape index (κ2) is 12.2. The van der Waals surface area contributed by atoms with Crippen molar-refractivity contribution in [3.63, 3.8) is 0 Å². The Hall–Kier alpha value is -4.38.